The number of hydrogen-bond acceptors (Lipinski definition) is 3. The zero-order valence-corrected chi connectivity index (χ0v) is 7.25. The maximum atomic E-state index is 11.0. The third kappa shape index (κ3) is 1.31. The fourth-order valence-electron chi connectivity index (χ4n) is 1.07. The van der Waals surface area contributed by atoms with Crippen molar-refractivity contribution in [3.63, 3.8) is 0 Å². The average Bonchev–Trinajstić information content (AvgIpc) is 2.23. The molecular weight excluding hydrogens is 180 g/mol. The van der Waals surface area contributed by atoms with Crippen LogP contribution in [0.4, 0.5) is 0 Å². The maximum absolute atomic E-state index is 11.0. The molecule has 0 bridgehead atoms. The molecule has 1 aliphatic carbocycles. The fourth-order valence-corrected chi connectivity index (χ4v) is 1.35. The second-order valence-electron chi connectivity index (χ2n) is 2.52. The lowest BCUT2D eigenvalue weighted by molar-refractivity contribution is -0.124. The van der Waals surface area contributed by atoms with Crippen molar-refractivity contribution in [1.82, 2.24) is 0 Å². The van der Waals surface area contributed by atoms with Crippen molar-refractivity contribution in [3.05, 3.63) is 22.8 Å². The molecule has 0 radical (unpaired) electrons. The van der Waals surface area contributed by atoms with Crippen LogP contribution in [-0.4, -0.2) is 28.2 Å². The lowest BCUT2D eigenvalue weighted by Gasteiger charge is -2.06. The van der Waals surface area contributed by atoms with Crippen molar-refractivity contribution in [1.29, 1.82) is 0 Å². The molecule has 0 aromatic rings. The van der Waals surface area contributed by atoms with Gasteiger partial charge < -0.3 is 10.2 Å². The molecule has 1 rings (SSSR count). The van der Waals surface area contributed by atoms with Crippen LogP contribution in [0.2, 0.25) is 0 Å². The van der Waals surface area contributed by atoms with Gasteiger partial charge in [0, 0.05) is 5.57 Å². The van der Waals surface area contributed by atoms with Crippen LogP contribution in [0.3, 0.4) is 0 Å². The number of ketones is 1. The van der Waals surface area contributed by atoms with Crippen LogP contribution in [0.5, 0.6) is 0 Å². The quantitative estimate of drug-likeness (QED) is 0.625. The van der Waals surface area contributed by atoms with Crippen molar-refractivity contribution in [2.75, 3.05) is 0 Å². The molecule has 0 saturated heterocycles. The summed E-state index contributed by atoms with van der Waals surface area (Å²) in [4.78, 5) is 11.0. The van der Waals surface area contributed by atoms with E-state index < -0.39 is 18.0 Å². The van der Waals surface area contributed by atoms with Gasteiger partial charge in [0.25, 0.3) is 0 Å². The van der Waals surface area contributed by atoms with Gasteiger partial charge in [-0.15, -0.1) is 0 Å². The summed E-state index contributed by atoms with van der Waals surface area (Å²) in [7, 11) is 0. The van der Waals surface area contributed by atoms with Crippen LogP contribution < -0.4 is 0 Å². The number of Topliss-reactive ketones (excluding diaryl/α,β-unsaturated/α-hetero) is 1. The van der Waals surface area contributed by atoms with E-state index in [2.05, 4.69) is 0 Å². The van der Waals surface area contributed by atoms with Crippen LogP contribution >= 0.6 is 11.6 Å². The van der Waals surface area contributed by atoms with Crippen molar-refractivity contribution in [2.45, 2.75) is 19.1 Å². The van der Waals surface area contributed by atoms with Gasteiger partial charge in [-0.2, -0.15) is 0 Å². The normalized spacial score (nSPS) is 30.8. The lowest BCUT2D eigenvalue weighted by atomic mass is 10.1. The van der Waals surface area contributed by atoms with Gasteiger partial charge in [-0.05, 0) is 6.92 Å². The molecular formula is C8H9ClO3. The summed E-state index contributed by atoms with van der Waals surface area (Å²) in [5.41, 5.74) is 0.289. The number of carbonyl (C=O) groups excluding carboxylic acids is 1. The molecule has 0 aromatic heterocycles. The van der Waals surface area contributed by atoms with Crippen LogP contribution in [-0.2, 0) is 4.79 Å². The van der Waals surface area contributed by atoms with Gasteiger partial charge in [-0.3, -0.25) is 4.79 Å². The standard InChI is InChI=1S/C8H9ClO3/c1-2-3-4-5(9)7(11)8(12)6(4)10/h2-3,6,8,10,12H,1H3/b3-2+/t6-,8-/m0/s1. The van der Waals surface area contributed by atoms with Gasteiger partial charge in [-0.25, -0.2) is 0 Å². The molecule has 2 atom stereocenters. The number of aliphatic hydroxyl groups excluding tert-OH is 2. The van der Waals surface area contributed by atoms with E-state index in [0.717, 1.165) is 0 Å². The molecule has 0 spiro atoms. The predicted molar refractivity (Wildman–Crippen MR) is 44.7 cm³/mol. The minimum absolute atomic E-state index is 0.0758. The monoisotopic (exact) mass is 188 g/mol. The predicted octanol–water partition coefficient (Wildman–Crippen LogP) is 0.360. The van der Waals surface area contributed by atoms with Gasteiger partial charge in [0.15, 0.2) is 0 Å². The van der Waals surface area contributed by atoms with Crippen LogP contribution in [0, 0.1) is 0 Å². The number of carbonyl (C=O) groups is 1. The molecule has 12 heavy (non-hydrogen) atoms. The lowest BCUT2D eigenvalue weighted by Crippen LogP contribution is -2.27. The second kappa shape index (κ2) is 3.39. The Morgan fingerprint density at radius 3 is 2.33 bits per heavy atom. The Morgan fingerprint density at radius 1 is 1.42 bits per heavy atom. The molecule has 0 amide bonds. The highest BCUT2D eigenvalue weighted by molar-refractivity contribution is 6.44. The molecule has 0 fully saturated rings. The van der Waals surface area contributed by atoms with Crippen molar-refractivity contribution < 1.29 is 15.0 Å². The SMILES string of the molecule is C/C=C/C1=C(Cl)C(=O)[C@@H](O)[C@H]1O. The third-order valence-corrected chi connectivity index (χ3v) is 2.11. The molecule has 2 N–H and O–H groups in total. The van der Waals surface area contributed by atoms with Crippen molar-refractivity contribution in [2.24, 2.45) is 0 Å². The Kier molecular flexibility index (Phi) is 2.67. The number of allylic oxidation sites excluding steroid dienone is 1. The number of hydrogen-bond donors (Lipinski definition) is 2. The van der Waals surface area contributed by atoms with E-state index >= 15 is 0 Å². The minimum atomic E-state index is -1.40. The van der Waals surface area contributed by atoms with Crippen LogP contribution in [0.25, 0.3) is 0 Å². The van der Waals surface area contributed by atoms with Gasteiger partial charge in [0.1, 0.15) is 12.2 Å². The Labute approximate surface area is 75.0 Å². The zero-order chi connectivity index (χ0) is 9.30. The first-order chi connectivity index (χ1) is 5.59. The van der Waals surface area contributed by atoms with Gasteiger partial charge in [0.05, 0.1) is 5.03 Å². The Hall–Kier alpha value is -0.640. The summed E-state index contributed by atoms with van der Waals surface area (Å²) in [6, 6.07) is 0. The van der Waals surface area contributed by atoms with E-state index in [1.165, 1.54) is 6.08 Å². The maximum Gasteiger partial charge on any atom is 0.205 e. The van der Waals surface area contributed by atoms with E-state index in [1.54, 1.807) is 13.0 Å². The third-order valence-electron chi connectivity index (χ3n) is 1.70. The largest absolute Gasteiger partial charge is 0.385 e. The minimum Gasteiger partial charge on any atom is -0.385 e. The fraction of sp³-hybridized carbons (Fsp3) is 0.375. The summed E-state index contributed by atoms with van der Waals surface area (Å²) in [5, 5.41) is 18.3. The summed E-state index contributed by atoms with van der Waals surface area (Å²) in [6.07, 6.45) is 0.581. The van der Waals surface area contributed by atoms with E-state index in [0.29, 0.717) is 0 Å². The smallest absolute Gasteiger partial charge is 0.205 e. The first-order valence-corrected chi connectivity index (χ1v) is 3.90. The van der Waals surface area contributed by atoms with E-state index in [9.17, 15) is 9.90 Å². The van der Waals surface area contributed by atoms with Gasteiger partial charge in [-0.1, -0.05) is 23.8 Å². The topological polar surface area (TPSA) is 57.5 Å². The summed E-state index contributed by atoms with van der Waals surface area (Å²) in [5.74, 6) is -0.614. The highest BCUT2D eigenvalue weighted by atomic mass is 35.5. The summed E-state index contributed by atoms with van der Waals surface area (Å²) < 4.78 is 0. The molecule has 0 heterocycles. The Bertz CT molecular complexity index is 267. The Morgan fingerprint density at radius 2 is 2.00 bits per heavy atom. The molecule has 66 valence electrons. The van der Waals surface area contributed by atoms with Gasteiger partial charge in [0.2, 0.25) is 5.78 Å². The zero-order valence-electron chi connectivity index (χ0n) is 6.49. The van der Waals surface area contributed by atoms with E-state index in [-0.39, 0.29) is 10.6 Å². The first kappa shape index (κ1) is 9.45. The Balaban J connectivity index is 3.04. The van der Waals surface area contributed by atoms with Crippen LogP contribution in [0.15, 0.2) is 22.8 Å². The van der Waals surface area contributed by atoms with E-state index in [1.807, 2.05) is 0 Å². The summed E-state index contributed by atoms with van der Waals surface area (Å²) >= 11 is 5.56. The second-order valence-corrected chi connectivity index (χ2v) is 2.90. The molecule has 1 aliphatic rings. The molecule has 0 unspecified atom stereocenters. The van der Waals surface area contributed by atoms with Crippen molar-refractivity contribution in [3.8, 4) is 0 Å². The number of rotatable bonds is 1. The first-order valence-electron chi connectivity index (χ1n) is 3.52. The van der Waals surface area contributed by atoms with Crippen molar-refractivity contribution >= 4 is 17.4 Å². The highest BCUT2D eigenvalue weighted by Gasteiger charge is 2.37. The van der Waals surface area contributed by atoms with E-state index in [4.69, 9.17) is 16.7 Å². The molecule has 0 aliphatic heterocycles. The average molecular weight is 189 g/mol. The van der Waals surface area contributed by atoms with Gasteiger partial charge >= 0.3 is 0 Å². The molecule has 0 saturated carbocycles. The molecule has 3 nitrogen and oxygen atoms in total. The molecule has 4 heteroatoms. The summed E-state index contributed by atoms with van der Waals surface area (Å²) in [6.45, 7) is 1.74. The number of aliphatic hydroxyl groups is 2. The number of halogens is 1. The molecule has 0 aromatic carbocycles. The highest BCUT2D eigenvalue weighted by Crippen LogP contribution is 2.27. The van der Waals surface area contributed by atoms with Crippen LogP contribution in [0.1, 0.15) is 6.92 Å².